The Kier molecular flexibility index (Phi) is 7.68. The molecule has 0 radical (unpaired) electrons. The third kappa shape index (κ3) is 5.08. The average Bonchev–Trinajstić information content (AvgIpc) is 3.18. The molecule has 31 heavy (non-hydrogen) atoms. The van der Waals surface area contributed by atoms with Crippen LogP contribution in [0.2, 0.25) is 5.02 Å². The van der Waals surface area contributed by atoms with E-state index in [9.17, 15) is 4.79 Å². The van der Waals surface area contributed by atoms with Gasteiger partial charge >= 0.3 is 0 Å². The monoisotopic (exact) mass is 441 g/mol. The number of amidine groups is 1. The molecule has 0 saturated carbocycles. The Morgan fingerprint density at radius 2 is 2.10 bits per heavy atom. The normalized spacial score (nSPS) is 25.7. The second-order valence-electron chi connectivity index (χ2n) is 8.17. The highest BCUT2D eigenvalue weighted by Gasteiger charge is 2.44. The van der Waals surface area contributed by atoms with E-state index in [1.165, 1.54) is 6.08 Å². The van der Waals surface area contributed by atoms with Crippen molar-refractivity contribution >= 4 is 29.1 Å². The number of benzene rings is 1. The fourth-order valence-electron chi connectivity index (χ4n) is 4.34. The second kappa shape index (κ2) is 10.2. The number of likely N-dealkylation sites (tertiary alicyclic amines) is 1. The van der Waals surface area contributed by atoms with Crippen LogP contribution in [0, 0.1) is 11.3 Å². The van der Waals surface area contributed by atoms with E-state index in [1.807, 2.05) is 35.2 Å². The summed E-state index contributed by atoms with van der Waals surface area (Å²) in [6.07, 6.45) is 6.10. The lowest BCUT2D eigenvalue weighted by molar-refractivity contribution is -0.127. The summed E-state index contributed by atoms with van der Waals surface area (Å²) in [4.78, 5) is 18.7. The van der Waals surface area contributed by atoms with Gasteiger partial charge in [-0.3, -0.25) is 14.8 Å². The Balaban J connectivity index is 1.96. The SMILES string of the molecule is C=CC(=O)N1CCCC(N2NC(c3ccc(Cl)cc3)C(C(=N)C=C(C)CC)C2=NC)C1. The van der Waals surface area contributed by atoms with Gasteiger partial charge in [0, 0.05) is 30.9 Å². The van der Waals surface area contributed by atoms with Gasteiger partial charge in [0.1, 0.15) is 5.84 Å². The van der Waals surface area contributed by atoms with Crippen LogP contribution in [0.25, 0.3) is 0 Å². The maximum atomic E-state index is 12.2. The van der Waals surface area contributed by atoms with Gasteiger partial charge in [-0.1, -0.05) is 42.8 Å². The number of carbonyl (C=O) groups excluding carboxylic acids is 1. The van der Waals surface area contributed by atoms with Crippen molar-refractivity contribution < 1.29 is 4.79 Å². The first kappa shape index (κ1) is 23.2. The van der Waals surface area contributed by atoms with Crippen LogP contribution in [0.5, 0.6) is 0 Å². The topological polar surface area (TPSA) is 71.8 Å². The summed E-state index contributed by atoms with van der Waals surface area (Å²) in [6, 6.07) is 7.71. The minimum Gasteiger partial charge on any atom is -0.337 e. The van der Waals surface area contributed by atoms with Crippen LogP contribution in [0.1, 0.15) is 44.7 Å². The lowest BCUT2D eigenvalue weighted by atomic mass is 9.88. The molecule has 3 unspecified atom stereocenters. The van der Waals surface area contributed by atoms with E-state index >= 15 is 0 Å². The molecular formula is C24H32ClN5O. The molecule has 0 aliphatic carbocycles. The minimum atomic E-state index is -0.224. The van der Waals surface area contributed by atoms with Crippen LogP contribution >= 0.6 is 11.6 Å². The van der Waals surface area contributed by atoms with E-state index in [2.05, 4.69) is 35.9 Å². The van der Waals surface area contributed by atoms with Gasteiger partial charge in [0.2, 0.25) is 5.91 Å². The number of carbonyl (C=O) groups is 1. The van der Waals surface area contributed by atoms with Crippen molar-refractivity contribution in [2.75, 3.05) is 20.1 Å². The van der Waals surface area contributed by atoms with Gasteiger partial charge in [-0.25, -0.2) is 5.43 Å². The molecule has 0 bridgehead atoms. The van der Waals surface area contributed by atoms with E-state index in [1.54, 1.807) is 7.05 Å². The molecule has 3 rings (SSSR count). The van der Waals surface area contributed by atoms with Crippen molar-refractivity contribution in [1.82, 2.24) is 15.3 Å². The molecule has 2 N–H and O–H groups in total. The Labute approximate surface area is 190 Å². The fourth-order valence-corrected chi connectivity index (χ4v) is 4.46. The largest absolute Gasteiger partial charge is 0.337 e. The fraction of sp³-hybridized carbons (Fsp3) is 0.458. The first-order chi connectivity index (χ1) is 14.9. The van der Waals surface area contributed by atoms with Gasteiger partial charge in [-0.05, 0) is 56.0 Å². The third-order valence-electron chi connectivity index (χ3n) is 6.14. The van der Waals surface area contributed by atoms with E-state index in [-0.39, 0.29) is 23.9 Å². The van der Waals surface area contributed by atoms with E-state index < -0.39 is 0 Å². The van der Waals surface area contributed by atoms with Crippen LogP contribution < -0.4 is 5.43 Å². The summed E-state index contributed by atoms with van der Waals surface area (Å²) in [6.45, 7) is 9.12. The lowest BCUT2D eigenvalue weighted by Gasteiger charge is -2.38. The molecule has 2 heterocycles. The first-order valence-corrected chi connectivity index (χ1v) is 11.2. The Bertz CT molecular complexity index is 892. The van der Waals surface area contributed by atoms with E-state index in [4.69, 9.17) is 17.0 Å². The van der Waals surface area contributed by atoms with Gasteiger partial charge in [-0.15, -0.1) is 0 Å². The summed E-state index contributed by atoms with van der Waals surface area (Å²) in [5.74, 6) is 0.570. The summed E-state index contributed by atoms with van der Waals surface area (Å²) in [7, 11) is 1.78. The summed E-state index contributed by atoms with van der Waals surface area (Å²) >= 11 is 6.12. The number of nitrogens with zero attached hydrogens (tertiary/aromatic N) is 3. The molecule has 7 heteroatoms. The standard InChI is InChI=1S/C24H32ClN5O/c1-5-16(3)14-20(26)22-23(17-9-11-18(25)12-10-17)28-30(24(22)27-4)19-8-7-13-29(15-19)21(31)6-2/h6,9-12,14,19,22-23,26,28H,2,5,7-8,13,15H2,1,3-4H3. The van der Waals surface area contributed by atoms with E-state index in [0.29, 0.717) is 17.3 Å². The number of hydrogen-bond acceptors (Lipinski definition) is 4. The van der Waals surface area contributed by atoms with Crippen molar-refractivity contribution in [3.8, 4) is 0 Å². The highest BCUT2D eigenvalue weighted by Crippen LogP contribution is 2.35. The molecule has 1 aromatic carbocycles. The molecule has 0 aromatic heterocycles. The van der Waals surface area contributed by atoms with Gasteiger partial charge in [0.05, 0.1) is 18.0 Å². The first-order valence-electron chi connectivity index (χ1n) is 10.8. The van der Waals surface area contributed by atoms with Gasteiger partial charge in [-0.2, -0.15) is 0 Å². The van der Waals surface area contributed by atoms with Crippen molar-refractivity contribution in [3.63, 3.8) is 0 Å². The molecule has 166 valence electrons. The maximum Gasteiger partial charge on any atom is 0.246 e. The van der Waals surface area contributed by atoms with Crippen molar-refractivity contribution in [2.45, 2.75) is 45.2 Å². The zero-order valence-electron chi connectivity index (χ0n) is 18.6. The third-order valence-corrected chi connectivity index (χ3v) is 6.39. The maximum absolute atomic E-state index is 12.2. The molecular weight excluding hydrogens is 410 g/mol. The molecule has 2 aliphatic rings. The Morgan fingerprint density at radius 3 is 2.71 bits per heavy atom. The Hall–Kier alpha value is -2.44. The highest BCUT2D eigenvalue weighted by molar-refractivity contribution is 6.30. The van der Waals surface area contributed by atoms with Crippen molar-refractivity contribution in [3.05, 3.63) is 59.2 Å². The number of nitrogens with one attached hydrogen (secondary N) is 2. The molecule has 2 fully saturated rings. The number of aliphatic imine (C=N–C) groups is 1. The van der Waals surface area contributed by atoms with Crippen LogP contribution in [-0.4, -0.2) is 53.5 Å². The van der Waals surface area contributed by atoms with Crippen molar-refractivity contribution in [2.24, 2.45) is 10.9 Å². The number of rotatable bonds is 6. The van der Waals surface area contributed by atoms with Crippen molar-refractivity contribution in [1.29, 1.82) is 5.41 Å². The summed E-state index contributed by atoms with van der Waals surface area (Å²) in [5.41, 5.74) is 6.37. The predicted molar refractivity (Wildman–Crippen MR) is 128 cm³/mol. The zero-order chi connectivity index (χ0) is 22.5. The molecule has 1 aromatic rings. The smallest absolute Gasteiger partial charge is 0.246 e. The molecule has 6 nitrogen and oxygen atoms in total. The molecule has 1 amide bonds. The minimum absolute atomic E-state index is 0.0427. The van der Waals surface area contributed by atoms with Crippen LogP contribution in [0.3, 0.4) is 0 Å². The van der Waals surface area contributed by atoms with Gasteiger partial charge in [0.25, 0.3) is 0 Å². The molecule has 3 atom stereocenters. The summed E-state index contributed by atoms with van der Waals surface area (Å²) < 4.78 is 0. The molecule has 2 saturated heterocycles. The predicted octanol–water partition coefficient (Wildman–Crippen LogP) is 4.40. The number of piperidine rings is 1. The van der Waals surface area contributed by atoms with E-state index in [0.717, 1.165) is 42.8 Å². The number of hydrogen-bond donors (Lipinski definition) is 2. The Morgan fingerprint density at radius 1 is 1.39 bits per heavy atom. The second-order valence-corrected chi connectivity index (χ2v) is 8.61. The average molecular weight is 442 g/mol. The molecule has 2 aliphatic heterocycles. The highest BCUT2D eigenvalue weighted by atomic mass is 35.5. The number of allylic oxidation sites excluding steroid dienone is 2. The van der Waals surface area contributed by atoms with Crippen LogP contribution in [0.15, 0.2) is 53.6 Å². The van der Waals surface area contributed by atoms with Crippen LogP contribution in [0.4, 0.5) is 0 Å². The molecule has 0 spiro atoms. The van der Waals surface area contributed by atoms with Crippen LogP contribution in [-0.2, 0) is 4.79 Å². The van der Waals surface area contributed by atoms with Gasteiger partial charge < -0.3 is 10.3 Å². The summed E-state index contributed by atoms with van der Waals surface area (Å²) in [5, 5.41) is 11.7. The number of hydrazine groups is 1. The quantitative estimate of drug-likeness (QED) is 0.507. The lowest BCUT2D eigenvalue weighted by Crippen LogP contribution is -2.53. The number of amides is 1. The zero-order valence-corrected chi connectivity index (χ0v) is 19.3. The number of halogens is 1. The van der Waals surface area contributed by atoms with Gasteiger partial charge in [0.15, 0.2) is 0 Å².